The van der Waals surface area contributed by atoms with Crippen LogP contribution in [0, 0.1) is 5.92 Å². The molecule has 6 heteroatoms. The van der Waals surface area contributed by atoms with Crippen LogP contribution in [0.15, 0.2) is 12.3 Å². The zero-order valence-corrected chi connectivity index (χ0v) is 12.7. The van der Waals surface area contributed by atoms with Gasteiger partial charge in [-0.25, -0.2) is 4.79 Å². The average Bonchev–Trinajstić information content (AvgIpc) is 2.60. The number of rotatable bonds is 3. The van der Waals surface area contributed by atoms with Gasteiger partial charge in [0.15, 0.2) is 0 Å². The first-order chi connectivity index (χ1) is 9.54. The number of amides is 1. The molecule has 0 aromatic carbocycles. The van der Waals surface area contributed by atoms with Gasteiger partial charge in [-0.1, -0.05) is 27.7 Å². The van der Waals surface area contributed by atoms with Crippen LogP contribution in [-0.4, -0.2) is 22.7 Å². The number of carbonyl (C=O) groups is 1. The van der Waals surface area contributed by atoms with Crippen LogP contribution in [0.2, 0.25) is 0 Å². The van der Waals surface area contributed by atoms with Gasteiger partial charge < -0.3 is 5.11 Å². The van der Waals surface area contributed by atoms with Gasteiger partial charge in [0.05, 0.1) is 5.69 Å². The molecule has 116 valence electrons. The topological polar surface area (TPSA) is 53.4 Å². The fourth-order valence-corrected chi connectivity index (χ4v) is 2.74. The number of hydrogen-bond acceptors (Lipinski definition) is 2. The number of nitrogens with zero attached hydrogens (tertiary/aromatic N) is 2. The number of anilines is 1. The van der Waals surface area contributed by atoms with Gasteiger partial charge in [0.25, 0.3) is 5.92 Å². The Labute approximate surface area is 122 Å². The standard InChI is InChI=1S/C15H20F2N2O2/c1-9(2)6-15(16,17)12-5-11-10(7-18-12)14(3,4)8-19(11)13(20)21/h5,7,9H,6,8H2,1-4H3,(H,20,21). The number of fused-ring (bicyclic) bond motifs is 1. The predicted molar refractivity (Wildman–Crippen MR) is 76.0 cm³/mol. The molecule has 1 aliphatic rings. The minimum Gasteiger partial charge on any atom is -0.465 e. The number of carboxylic acid groups (broad SMARTS) is 1. The second-order valence-corrected chi connectivity index (χ2v) is 6.64. The third kappa shape index (κ3) is 2.84. The summed E-state index contributed by atoms with van der Waals surface area (Å²) in [5.74, 6) is -3.23. The summed E-state index contributed by atoms with van der Waals surface area (Å²) in [6, 6.07) is 1.22. The van der Waals surface area contributed by atoms with Crippen LogP contribution in [0.4, 0.5) is 19.3 Å². The molecule has 2 rings (SSSR count). The van der Waals surface area contributed by atoms with Gasteiger partial charge >= 0.3 is 6.09 Å². The summed E-state index contributed by atoms with van der Waals surface area (Å²) in [7, 11) is 0. The Morgan fingerprint density at radius 3 is 2.67 bits per heavy atom. The smallest absolute Gasteiger partial charge is 0.411 e. The first-order valence-electron chi connectivity index (χ1n) is 6.94. The summed E-state index contributed by atoms with van der Waals surface area (Å²) < 4.78 is 28.3. The first-order valence-corrected chi connectivity index (χ1v) is 6.94. The quantitative estimate of drug-likeness (QED) is 0.917. The second kappa shape index (κ2) is 4.93. The molecule has 1 aromatic rings. The molecule has 0 saturated carbocycles. The van der Waals surface area contributed by atoms with Crippen LogP contribution in [0.1, 0.15) is 45.4 Å². The highest BCUT2D eigenvalue weighted by molar-refractivity contribution is 5.90. The number of pyridine rings is 1. The van der Waals surface area contributed by atoms with Crippen LogP contribution in [0.3, 0.4) is 0 Å². The lowest BCUT2D eigenvalue weighted by Gasteiger charge is -2.20. The highest BCUT2D eigenvalue weighted by atomic mass is 19.3. The largest absolute Gasteiger partial charge is 0.465 e. The molecule has 4 nitrogen and oxygen atoms in total. The molecule has 0 spiro atoms. The molecule has 1 aliphatic heterocycles. The lowest BCUT2D eigenvalue weighted by atomic mass is 9.88. The summed E-state index contributed by atoms with van der Waals surface area (Å²) in [4.78, 5) is 16.3. The molecule has 0 unspecified atom stereocenters. The molecule has 0 bridgehead atoms. The Balaban J connectivity index is 2.48. The zero-order valence-electron chi connectivity index (χ0n) is 12.7. The van der Waals surface area contributed by atoms with E-state index in [0.29, 0.717) is 11.3 Å². The van der Waals surface area contributed by atoms with Gasteiger partial charge in [-0.05, 0) is 12.0 Å². The lowest BCUT2D eigenvalue weighted by Crippen LogP contribution is -2.32. The summed E-state index contributed by atoms with van der Waals surface area (Å²) in [5, 5.41) is 9.25. The highest BCUT2D eigenvalue weighted by Gasteiger charge is 2.41. The minimum absolute atomic E-state index is 0.179. The van der Waals surface area contributed by atoms with E-state index in [9.17, 15) is 18.7 Å². The fourth-order valence-electron chi connectivity index (χ4n) is 2.74. The highest BCUT2D eigenvalue weighted by Crippen LogP contribution is 2.43. The molecule has 21 heavy (non-hydrogen) atoms. The van der Waals surface area contributed by atoms with Crippen molar-refractivity contribution in [2.45, 2.75) is 45.5 Å². The summed E-state index contributed by atoms with van der Waals surface area (Å²) in [6.45, 7) is 7.44. The van der Waals surface area contributed by atoms with Gasteiger partial charge in [-0.15, -0.1) is 0 Å². The Morgan fingerprint density at radius 2 is 2.14 bits per heavy atom. The van der Waals surface area contributed by atoms with Crippen molar-refractivity contribution in [2.75, 3.05) is 11.4 Å². The summed E-state index contributed by atoms with van der Waals surface area (Å²) in [6.07, 6.45) is -0.0527. The van der Waals surface area contributed by atoms with E-state index in [2.05, 4.69) is 4.98 Å². The third-order valence-corrected chi connectivity index (χ3v) is 3.73. The molecule has 1 N–H and O–H groups in total. The van der Waals surface area contributed by atoms with Crippen LogP contribution >= 0.6 is 0 Å². The van der Waals surface area contributed by atoms with E-state index in [-0.39, 0.29) is 24.6 Å². The van der Waals surface area contributed by atoms with E-state index in [1.54, 1.807) is 13.8 Å². The molecule has 0 fully saturated rings. The minimum atomic E-state index is -3.06. The van der Waals surface area contributed by atoms with Crippen LogP contribution in [-0.2, 0) is 11.3 Å². The monoisotopic (exact) mass is 298 g/mol. The number of hydrogen-bond donors (Lipinski definition) is 1. The second-order valence-electron chi connectivity index (χ2n) is 6.64. The normalized spacial score (nSPS) is 17.2. The van der Waals surface area contributed by atoms with Gasteiger partial charge in [-0.2, -0.15) is 8.78 Å². The van der Waals surface area contributed by atoms with Crippen molar-refractivity contribution in [1.29, 1.82) is 0 Å². The van der Waals surface area contributed by atoms with Crippen LogP contribution in [0.5, 0.6) is 0 Å². The Morgan fingerprint density at radius 1 is 1.52 bits per heavy atom. The summed E-state index contributed by atoms with van der Waals surface area (Å²) >= 11 is 0. The van der Waals surface area contributed by atoms with Crippen LogP contribution < -0.4 is 4.90 Å². The van der Waals surface area contributed by atoms with Crippen molar-refractivity contribution in [2.24, 2.45) is 5.92 Å². The Hall–Kier alpha value is -1.72. The number of halogens is 2. The van der Waals surface area contributed by atoms with E-state index in [4.69, 9.17) is 0 Å². The molecular formula is C15H20F2N2O2. The van der Waals surface area contributed by atoms with Gasteiger partial charge in [0, 0.05) is 30.1 Å². The van der Waals surface area contributed by atoms with Crippen molar-refractivity contribution in [3.63, 3.8) is 0 Å². The van der Waals surface area contributed by atoms with Crippen LogP contribution in [0.25, 0.3) is 0 Å². The molecule has 2 heterocycles. The summed E-state index contributed by atoms with van der Waals surface area (Å²) in [5.41, 5.74) is 0.223. The van der Waals surface area contributed by atoms with E-state index in [0.717, 1.165) is 4.90 Å². The zero-order chi connectivity index (χ0) is 16.0. The van der Waals surface area contributed by atoms with Crippen molar-refractivity contribution in [1.82, 2.24) is 4.98 Å². The van der Waals surface area contributed by atoms with E-state index >= 15 is 0 Å². The number of alkyl halides is 2. The SMILES string of the molecule is CC(C)CC(F)(F)c1cc2c(cn1)C(C)(C)CN2C(=O)O. The van der Waals surface area contributed by atoms with Crippen molar-refractivity contribution >= 4 is 11.8 Å². The first kappa shape index (κ1) is 15.7. The average molecular weight is 298 g/mol. The molecule has 0 radical (unpaired) electrons. The predicted octanol–water partition coefficient (Wildman–Crippen LogP) is 4.00. The van der Waals surface area contributed by atoms with Gasteiger partial charge in [-0.3, -0.25) is 9.88 Å². The maximum absolute atomic E-state index is 14.2. The molecule has 0 saturated heterocycles. The number of aromatic nitrogens is 1. The van der Waals surface area contributed by atoms with Gasteiger partial charge in [0.1, 0.15) is 5.69 Å². The van der Waals surface area contributed by atoms with Crippen molar-refractivity contribution < 1.29 is 18.7 Å². The Bertz CT molecular complexity index is 571. The molecule has 1 amide bonds. The van der Waals surface area contributed by atoms with Gasteiger partial charge in [0.2, 0.25) is 0 Å². The fraction of sp³-hybridized carbons (Fsp3) is 0.600. The molecule has 0 aliphatic carbocycles. The van der Waals surface area contributed by atoms with Crippen molar-refractivity contribution in [3.8, 4) is 0 Å². The lowest BCUT2D eigenvalue weighted by molar-refractivity contribution is -0.0291. The third-order valence-electron chi connectivity index (χ3n) is 3.73. The maximum Gasteiger partial charge on any atom is 0.411 e. The Kier molecular flexibility index (Phi) is 3.68. The molecule has 0 atom stereocenters. The molecular weight excluding hydrogens is 278 g/mol. The van der Waals surface area contributed by atoms with Crippen molar-refractivity contribution in [3.05, 3.63) is 23.5 Å². The van der Waals surface area contributed by atoms with E-state index in [1.807, 2.05) is 13.8 Å². The molecule has 1 aromatic heterocycles. The van der Waals surface area contributed by atoms with E-state index < -0.39 is 17.4 Å². The maximum atomic E-state index is 14.2. The van der Waals surface area contributed by atoms with E-state index in [1.165, 1.54) is 12.3 Å².